The number of furan rings is 1. The van der Waals surface area contributed by atoms with Gasteiger partial charge < -0.3 is 4.42 Å². The lowest BCUT2D eigenvalue weighted by atomic mass is 9.88. The molecule has 0 amide bonds. The van der Waals surface area contributed by atoms with Crippen LogP contribution in [0.3, 0.4) is 0 Å². The first-order valence-electron chi connectivity index (χ1n) is 19.6. The molecular formula is C56H34O. The van der Waals surface area contributed by atoms with Crippen molar-refractivity contribution in [2.75, 3.05) is 0 Å². The van der Waals surface area contributed by atoms with Crippen molar-refractivity contribution in [2.24, 2.45) is 0 Å². The Kier molecular flexibility index (Phi) is 7.00. The van der Waals surface area contributed by atoms with E-state index in [4.69, 9.17) is 4.42 Å². The fourth-order valence-corrected chi connectivity index (χ4v) is 9.16. The zero-order valence-corrected chi connectivity index (χ0v) is 31.0. The van der Waals surface area contributed by atoms with E-state index in [9.17, 15) is 0 Å². The smallest absolute Gasteiger partial charge is 0.135 e. The largest absolute Gasteiger partial charge is 0.456 e. The summed E-state index contributed by atoms with van der Waals surface area (Å²) in [4.78, 5) is 0. The second-order valence-corrected chi connectivity index (χ2v) is 15.3. The Labute approximate surface area is 329 Å². The normalized spacial score (nSPS) is 11.9. The molecule has 57 heavy (non-hydrogen) atoms. The number of hydrogen-bond donors (Lipinski definition) is 0. The maximum absolute atomic E-state index is 6.33. The molecule has 0 spiro atoms. The lowest BCUT2D eigenvalue weighted by molar-refractivity contribution is 0.669. The van der Waals surface area contributed by atoms with Gasteiger partial charge in [0.25, 0.3) is 0 Å². The van der Waals surface area contributed by atoms with E-state index in [-0.39, 0.29) is 0 Å². The summed E-state index contributed by atoms with van der Waals surface area (Å²) in [5, 5.41) is 14.8. The molecule has 0 radical (unpaired) electrons. The minimum atomic E-state index is 0.905. The summed E-state index contributed by atoms with van der Waals surface area (Å²) < 4.78 is 6.33. The molecule has 12 rings (SSSR count). The Morgan fingerprint density at radius 1 is 0.211 bits per heavy atom. The minimum absolute atomic E-state index is 0.905. The summed E-state index contributed by atoms with van der Waals surface area (Å²) in [7, 11) is 0. The standard InChI is InChI=1S/C56H34O/c1-2-10-36-29-38(18-17-35(36)9-1)41-23-27-55-53(32-41)54-33-42(24-28-56(54)57-55)39-19-20-40-31-44(22-21-37(40)30-39)46-25-26-51(49-15-7-5-14-48(46)49)52-34-43-11-3-4-12-45(43)47-13-6-8-16-50(47)52/h1-34H. The Morgan fingerprint density at radius 3 is 1.30 bits per heavy atom. The minimum Gasteiger partial charge on any atom is -0.456 e. The molecule has 0 aliphatic rings. The van der Waals surface area contributed by atoms with Crippen molar-refractivity contribution in [2.45, 2.75) is 0 Å². The van der Waals surface area contributed by atoms with Crippen LogP contribution in [0, 0.1) is 0 Å². The van der Waals surface area contributed by atoms with E-state index in [1.54, 1.807) is 0 Å². The molecule has 0 atom stereocenters. The first-order chi connectivity index (χ1) is 28.2. The highest BCUT2D eigenvalue weighted by molar-refractivity contribution is 6.17. The summed E-state index contributed by atoms with van der Waals surface area (Å²) in [6.07, 6.45) is 0. The van der Waals surface area contributed by atoms with Crippen LogP contribution in [0.25, 0.3) is 120 Å². The highest BCUT2D eigenvalue weighted by Gasteiger charge is 2.15. The average molecular weight is 723 g/mol. The second kappa shape index (κ2) is 12.5. The predicted molar refractivity (Wildman–Crippen MR) is 243 cm³/mol. The van der Waals surface area contributed by atoms with Gasteiger partial charge in [0, 0.05) is 10.8 Å². The molecule has 0 unspecified atom stereocenters. The van der Waals surface area contributed by atoms with Crippen LogP contribution in [0.5, 0.6) is 0 Å². The Morgan fingerprint density at radius 2 is 0.632 bits per heavy atom. The molecule has 1 heteroatoms. The van der Waals surface area contributed by atoms with E-state index >= 15 is 0 Å². The molecule has 0 saturated carbocycles. The van der Waals surface area contributed by atoms with Gasteiger partial charge in [-0.15, -0.1) is 0 Å². The van der Waals surface area contributed by atoms with E-state index in [0.29, 0.717) is 0 Å². The third kappa shape index (κ3) is 5.17. The molecule has 11 aromatic carbocycles. The number of rotatable bonds is 4. The van der Waals surface area contributed by atoms with E-state index < -0.39 is 0 Å². The second-order valence-electron chi connectivity index (χ2n) is 15.3. The fourth-order valence-electron chi connectivity index (χ4n) is 9.16. The molecule has 12 aromatic rings. The molecule has 1 aromatic heterocycles. The van der Waals surface area contributed by atoms with Crippen LogP contribution in [-0.2, 0) is 0 Å². The van der Waals surface area contributed by atoms with Crippen molar-refractivity contribution in [3.8, 4) is 44.5 Å². The molecule has 0 aliphatic carbocycles. The lowest BCUT2D eigenvalue weighted by Gasteiger charge is -2.16. The van der Waals surface area contributed by atoms with E-state index in [1.807, 2.05) is 0 Å². The topological polar surface area (TPSA) is 13.1 Å². The maximum Gasteiger partial charge on any atom is 0.135 e. The predicted octanol–water partition coefficient (Wildman–Crippen LogP) is 16.0. The van der Waals surface area contributed by atoms with Crippen molar-refractivity contribution in [1.29, 1.82) is 0 Å². The summed E-state index contributed by atoms with van der Waals surface area (Å²) in [5.41, 5.74) is 11.6. The molecule has 0 saturated heterocycles. The first-order valence-corrected chi connectivity index (χ1v) is 19.6. The molecule has 0 fully saturated rings. The molecular weight excluding hydrogens is 689 g/mol. The summed E-state index contributed by atoms with van der Waals surface area (Å²) in [6.45, 7) is 0. The van der Waals surface area contributed by atoms with Gasteiger partial charge in [0.1, 0.15) is 11.2 Å². The van der Waals surface area contributed by atoms with Gasteiger partial charge in [-0.25, -0.2) is 0 Å². The van der Waals surface area contributed by atoms with Crippen molar-refractivity contribution in [3.63, 3.8) is 0 Å². The van der Waals surface area contributed by atoms with Gasteiger partial charge in [-0.2, -0.15) is 0 Å². The maximum atomic E-state index is 6.33. The molecule has 264 valence electrons. The Hall–Kier alpha value is -7.48. The molecule has 0 aliphatic heterocycles. The molecule has 1 nitrogen and oxygen atoms in total. The molecule has 0 N–H and O–H groups in total. The average Bonchev–Trinajstić information content (AvgIpc) is 3.65. The zero-order chi connectivity index (χ0) is 37.5. The van der Waals surface area contributed by atoms with Crippen molar-refractivity contribution in [3.05, 3.63) is 206 Å². The van der Waals surface area contributed by atoms with Crippen LogP contribution >= 0.6 is 0 Å². The van der Waals surface area contributed by atoms with Crippen LogP contribution in [0.15, 0.2) is 211 Å². The van der Waals surface area contributed by atoms with Crippen molar-refractivity contribution in [1.82, 2.24) is 0 Å². The van der Waals surface area contributed by atoms with Gasteiger partial charge in [-0.3, -0.25) is 0 Å². The lowest BCUT2D eigenvalue weighted by Crippen LogP contribution is -1.89. The van der Waals surface area contributed by atoms with Crippen LogP contribution in [0.2, 0.25) is 0 Å². The van der Waals surface area contributed by atoms with Gasteiger partial charge in [-0.05, 0) is 147 Å². The van der Waals surface area contributed by atoms with E-state index in [2.05, 4.69) is 206 Å². The SMILES string of the molecule is c1ccc2cc(-c3ccc4oc5ccc(-c6ccc7cc(-c8ccc(-c9cc%10ccccc%10c%10ccccc9%10)c9ccccc89)ccc7c6)cc5c4c3)ccc2c1. The van der Waals surface area contributed by atoms with Gasteiger partial charge in [-0.1, -0.05) is 158 Å². The van der Waals surface area contributed by atoms with Gasteiger partial charge in [0.15, 0.2) is 0 Å². The number of fused-ring (bicyclic) bond motifs is 9. The number of hydrogen-bond acceptors (Lipinski definition) is 1. The Balaban J connectivity index is 0.919. The van der Waals surface area contributed by atoms with Crippen LogP contribution < -0.4 is 0 Å². The van der Waals surface area contributed by atoms with Crippen molar-refractivity contribution < 1.29 is 4.42 Å². The summed E-state index contributed by atoms with van der Waals surface area (Å²) >= 11 is 0. The van der Waals surface area contributed by atoms with Gasteiger partial charge >= 0.3 is 0 Å². The van der Waals surface area contributed by atoms with E-state index in [1.165, 1.54) is 98.4 Å². The highest BCUT2D eigenvalue weighted by atomic mass is 16.3. The molecule has 1 heterocycles. The summed E-state index contributed by atoms with van der Waals surface area (Å²) in [6, 6.07) is 75.4. The highest BCUT2D eigenvalue weighted by Crippen LogP contribution is 2.42. The summed E-state index contributed by atoms with van der Waals surface area (Å²) in [5.74, 6) is 0. The first kappa shape index (κ1) is 31.8. The van der Waals surface area contributed by atoms with Crippen LogP contribution in [0.1, 0.15) is 0 Å². The van der Waals surface area contributed by atoms with Crippen molar-refractivity contribution >= 4 is 75.8 Å². The Bertz CT molecular complexity index is 3580. The van der Waals surface area contributed by atoms with Gasteiger partial charge in [0.05, 0.1) is 0 Å². The fraction of sp³-hybridized carbons (Fsp3) is 0. The molecule has 0 bridgehead atoms. The third-order valence-corrected chi connectivity index (χ3v) is 12.0. The number of benzene rings is 11. The third-order valence-electron chi connectivity index (χ3n) is 12.0. The van der Waals surface area contributed by atoms with E-state index in [0.717, 1.165) is 21.9 Å². The van der Waals surface area contributed by atoms with Crippen LogP contribution in [0.4, 0.5) is 0 Å². The monoisotopic (exact) mass is 722 g/mol. The zero-order valence-electron chi connectivity index (χ0n) is 31.0. The van der Waals surface area contributed by atoms with Gasteiger partial charge in [0.2, 0.25) is 0 Å². The van der Waals surface area contributed by atoms with Crippen LogP contribution in [-0.4, -0.2) is 0 Å². The quantitative estimate of drug-likeness (QED) is 0.165.